The van der Waals surface area contributed by atoms with Gasteiger partial charge in [-0.25, -0.2) is 10.0 Å². The van der Waals surface area contributed by atoms with Gasteiger partial charge in [-0.15, -0.1) is 10.2 Å². The van der Waals surface area contributed by atoms with Gasteiger partial charge in [-0.2, -0.15) is 0 Å². The lowest BCUT2D eigenvalue weighted by atomic mass is 10.2. The van der Waals surface area contributed by atoms with E-state index in [1.807, 2.05) is 12.1 Å². The van der Waals surface area contributed by atoms with Crippen molar-refractivity contribution in [3.63, 3.8) is 0 Å². The van der Waals surface area contributed by atoms with E-state index in [2.05, 4.69) is 25.5 Å². The molecule has 3 heterocycles. The number of hydrogen-bond acceptors (Lipinski definition) is 6. The highest BCUT2D eigenvalue weighted by molar-refractivity contribution is 5.78. The number of H-pyrrole nitrogens is 1. The number of hydrogen-bond donors (Lipinski definition) is 2. The highest BCUT2D eigenvalue weighted by atomic mass is 16.2. The predicted molar refractivity (Wildman–Crippen MR) is 83.5 cm³/mol. The van der Waals surface area contributed by atoms with Gasteiger partial charge in [0.05, 0.1) is 13.1 Å². The van der Waals surface area contributed by atoms with Crippen LogP contribution in [0.3, 0.4) is 0 Å². The van der Waals surface area contributed by atoms with Crippen LogP contribution < -0.4 is 10.9 Å². The van der Waals surface area contributed by atoms with E-state index in [1.54, 1.807) is 4.40 Å². The van der Waals surface area contributed by atoms with Crippen molar-refractivity contribution in [2.45, 2.75) is 25.7 Å². The zero-order valence-corrected chi connectivity index (χ0v) is 13.2. The number of fused-ring (bicyclic) bond motifs is 1. The molecule has 124 valence electrons. The summed E-state index contributed by atoms with van der Waals surface area (Å²) in [7, 11) is 1.97. The number of nitrogens with zero attached hydrogens (tertiary/aromatic N) is 5. The van der Waals surface area contributed by atoms with Gasteiger partial charge in [0.25, 0.3) is 5.56 Å². The standard InChI is InChI=1S/C14H21N7O2/c1-19(20-5-3-2-4-6-20)9-15-12(22)7-11-8-13(23)17-14-18-16-10-21(11)14/h8,10H,2-7,9H2,1H3,(H,15,22)(H,17,18,23). The Morgan fingerprint density at radius 3 is 2.96 bits per heavy atom. The van der Waals surface area contributed by atoms with Crippen LogP contribution in [-0.4, -0.2) is 62.3 Å². The van der Waals surface area contributed by atoms with Crippen LogP contribution in [0.5, 0.6) is 0 Å². The van der Waals surface area contributed by atoms with Crippen molar-refractivity contribution < 1.29 is 4.79 Å². The molecule has 1 saturated heterocycles. The molecule has 0 saturated carbocycles. The number of piperidine rings is 1. The molecule has 0 bridgehead atoms. The first kappa shape index (κ1) is 15.6. The topological polar surface area (TPSA) is 98.6 Å². The highest BCUT2D eigenvalue weighted by Crippen LogP contribution is 2.09. The van der Waals surface area contributed by atoms with Gasteiger partial charge in [-0.05, 0) is 12.8 Å². The van der Waals surface area contributed by atoms with Crippen molar-refractivity contribution >= 4 is 11.7 Å². The molecule has 0 radical (unpaired) electrons. The number of carbonyl (C=O) groups is 1. The van der Waals surface area contributed by atoms with E-state index in [9.17, 15) is 9.59 Å². The summed E-state index contributed by atoms with van der Waals surface area (Å²) in [6.07, 6.45) is 5.24. The highest BCUT2D eigenvalue weighted by Gasteiger charge is 2.15. The lowest BCUT2D eigenvalue weighted by Gasteiger charge is -2.34. The third-order valence-electron chi connectivity index (χ3n) is 4.05. The molecule has 0 atom stereocenters. The molecule has 2 aromatic rings. The zero-order chi connectivity index (χ0) is 16.2. The fourth-order valence-corrected chi connectivity index (χ4v) is 2.78. The molecule has 0 spiro atoms. The molecular formula is C14H21N7O2. The molecule has 0 aromatic carbocycles. The largest absolute Gasteiger partial charge is 0.342 e. The summed E-state index contributed by atoms with van der Waals surface area (Å²) in [5, 5.41) is 14.7. The van der Waals surface area contributed by atoms with Crippen molar-refractivity contribution in [3.8, 4) is 0 Å². The van der Waals surface area contributed by atoms with Gasteiger partial charge < -0.3 is 5.32 Å². The van der Waals surface area contributed by atoms with Crippen LogP contribution in [0.15, 0.2) is 17.2 Å². The Kier molecular flexibility index (Phi) is 4.68. The van der Waals surface area contributed by atoms with Crippen molar-refractivity contribution in [2.24, 2.45) is 0 Å². The van der Waals surface area contributed by atoms with Crippen LogP contribution in [0.2, 0.25) is 0 Å². The Hall–Kier alpha value is -2.26. The Morgan fingerprint density at radius 2 is 2.17 bits per heavy atom. The molecule has 2 aromatic heterocycles. The van der Waals surface area contributed by atoms with Crippen LogP contribution in [0.1, 0.15) is 25.0 Å². The van der Waals surface area contributed by atoms with Crippen molar-refractivity contribution in [3.05, 3.63) is 28.4 Å². The summed E-state index contributed by atoms with van der Waals surface area (Å²) in [6.45, 7) is 2.51. The van der Waals surface area contributed by atoms with E-state index in [0.717, 1.165) is 13.1 Å². The summed E-state index contributed by atoms with van der Waals surface area (Å²) in [4.78, 5) is 26.3. The number of amides is 1. The second-order valence-corrected chi connectivity index (χ2v) is 5.76. The first-order valence-corrected chi connectivity index (χ1v) is 7.78. The molecule has 1 aliphatic rings. The molecule has 3 rings (SSSR count). The normalized spacial score (nSPS) is 16.1. The summed E-state index contributed by atoms with van der Waals surface area (Å²) in [5.74, 6) is 0.195. The van der Waals surface area contributed by atoms with E-state index >= 15 is 0 Å². The Bertz CT molecular complexity index is 732. The monoisotopic (exact) mass is 319 g/mol. The van der Waals surface area contributed by atoms with Crippen LogP contribution in [-0.2, 0) is 11.2 Å². The Morgan fingerprint density at radius 1 is 1.39 bits per heavy atom. The third-order valence-corrected chi connectivity index (χ3v) is 4.05. The maximum absolute atomic E-state index is 12.2. The van der Waals surface area contributed by atoms with Gasteiger partial charge in [0.2, 0.25) is 11.7 Å². The molecule has 23 heavy (non-hydrogen) atoms. The van der Waals surface area contributed by atoms with E-state index in [4.69, 9.17) is 0 Å². The lowest BCUT2D eigenvalue weighted by Crippen LogP contribution is -2.48. The molecule has 9 heteroatoms. The Balaban J connectivity index is 1.58. The Labute approximate surface area is 133 Å². The van der Waals surface area contributed by atoms with Crippen LogP contribution in [0.4, 0.5) is 0 Å². The zero-order valence-electron chi connectivity index (χ0n) is 13.2. The third kappa shape index (κ3) is 3.74. The van der Waals surface area contributed by atoms with Gasteiger partial charge in [0.15, 0.2) is 0 Å². The number of nitrogens with one attached hydrogen (secondary N) is 2. The minimum Gasteiger partial charge on any atom is -0.342 e. The molecule has 2 N–H and O–H groups in total. The van der Waals surface area contributed by atoms with E-state index < -0.39 is 0 Å². The van der Waals surface area contributed by atoms with Crippen molar-refractivity contribution in [2.75, 3.05) is 26.8 Å². The first-order valence-electron chi connectivity index (χ1n) is 7.78. The molecule has 0 unspecified atom stereocenters. The van der Waals surface area contributed by atoms with E-state index in [-0.39, 0.29) is 17.9 Å². The van der Waals surface area contributed by atoms with Crippen LogP contribution in [0, 0.1) is 0 Å². The predicted octanol–water partition coefficient (Wildman–Crippen LogP) is -0.633. The SMILES string of the molecule is CN(CNC(=O)Cc1cc(=O)[nH]c2nncn12)N1CCCCC1. The summed E-state index contributed by atoms with van der Waals surface area (Å²) in [6, 6.07) is 1.39. The molecule has 1 amide bonds. The van der Waals surface area contributed by atoms with E-state index in [1.165, 1.54) is 31.7 Å². The molecular weight excluding hydrogens is 298 g/mol. The van der Waals surface area contributed by atoms with Gasteiger partial charge >= 0.3 is 0 Å². The smallest absolute Gasteiger partial charge is 0.252 e. The summed E-state index contributed by atoms with van der Waals surface area (Å²) >= 11 is 0. The summed E-state index contributed by atoms with van der Waals surface area (Å²) in [5.41, 5.74) is 0.269. The maximum atomic E-state index is 12.2. The van der Waals surface area contributed by atoms with Crippen molar-refractivity contribution in [1.82, 2.24) is 34.9 Å². The van der Waals surface area contributed by atoms with Gasteiger partial charge in [-0.3, -0.25) is 19.0 Å². The van der Waals surface area contributed by atoms with Gasteiger partial charge in [0, 0.05) is 31.9 Å². The van der Waals surface area contributed by atoms with E-state index in [0.29, 0.717) is 18.1 Å². The van der Waals surface area contributed by atoms with Gasteiger partial charge in [0.1, 0.15) is 6.33 Å². The first-order chi connectivity index (χ1) is 11.1. The number of rotatable bonds is 5. The summed E-state index contributed by atoms with van der Waals surface area (Å²) < 4.78 is 1.61. The number of aromatic nitrogens is 4. The molecule has 1 fully saturated rings. The maximum Gasteiger partial charge on any atom is 0.252 e. The van der Waals surface area contributed by atoms with Crippen LogP contribution in [0.25, 0.3) is 5.78 Å². The lowest BCUT2D eigenvalue weighted by molar-refractivity contribution is -0.122. The average Bonchev–Trinajstić information content (AvgIpc) is 3.02. The van der Waals surface area contributed by atoms with Crippen molar-refractivity contribution in [1.29, 1.82) is 0 Å². The number of aromatic amines is 1. The number of hydrazine groups is 1. The van der Waals surface area contributed by atoms with Crippen LogP contribution >= 0.6 is 0 Å². The number of carbonyl (C=O) groups excluding carboxylic acids is 1. The minimum absolute atomic E-state index is 0.103. The van der Waals surface area contributed by atoms with Gasteiger partial charge in [-0.1, -0.05) is 6.42 Å². The fourth-order valence-electron chi connectivity index (χ4n) is 2.78. The molecule has 0 aliphatic carbocycles. The fraction of sp³-hybridized carbons (Fsp3) is 0.571. The quantitative estimate of drug-likeness (QED) is 0.712. The second kappa shape index (κ2) is 6.88. The second-order valence-electron chi connectivity index (χ2n) is 5.76. The molecule has 1 aliphatic heterocycles. The molecule has 9 nitrogen and oxygen atoms in total. The average molecular weight is 319 g/mol. The minimum atomic E-state index is -0.293.